The van der Waals surface area contributed by atoms with Crippen molar-refractivity contribution < 1.29 is 9.84 Å². The number of hydrogen-bond donors (Lipinski definition) is 1. The number of benzene rings is 2. The Labute approximate surface area is 209 Å². The summed E-state index contributed by atoms with van der Waals surface area (Å²) in [6.07, 6.45) is 0. The molecule has 176 valence electrons. The number of nitrogens with zero attached hydrogens (tertiary/aromatic N) is 4. The molecule has 0 saturated carbocycles. The number of hydrogen-bond acceptors (Lipinski definition) is 6. The SMILES string of the molecule is COc1cccc([C@](C)(O)CN2CCN(c3ccc(C#N)cc3Cl)[C@H](c3ccc(Cl)cc3)C2)n1. The molecule has 0 radical (unpaired) electrons. The van der Waals surface area contributed by atoms with Crippen LogP contribution in [0.4, 0.5) is 5.69 Å². The third-order valence-corrected chi connectivity index (χ3v) is 6.68. The number of aliphatic hydroxyl groups is 1. The maximum Gasteiger partial charge on any atom is 0.213 e. The van der Waals surface area contributed by atoms with Gasteiger partial charge in [-0.15, -0.1) is 0 Å². The van der Waals surface area contributed by atoms with Crippen molar-refractivity contribution in [3.8, 4) is 11.9 Å². The van der Waals surface area contributed by atoms with Crippen molar-refractivity contribution in [2.45, 2.75) is 18.6 Å². The van der Waals surface area contributed by atoms with E-state index in [2.05, 4.69) is 20.9 Å². The Balaban J connectivity index is 1.62. The molecular weight excluding hydrogens is 471 g/mol. The van der Waals surface area contributed by atoms with Gasteiger partial charge in [0.2, 0.25) is 5.88 Å². The van der Waals surface area contributed by atoms with Gasteiger partial charge in [0.25, 0.3) is 0 Å². The Morgan fingerprint density at radius 1 is 1.15 bits per heavy atom. The van der Waals surface area contributed by atoms with Crippen molar-refractivity contribution in [3.05, 3.63) is 87.5 Å². The lowest BCUT2D eigenvalue weighted by molar-refractivity contribution is 0.00640. The van der Waals surface area contributed by atoms with E-state index in [-0.39, 0.29) is 6.04 Å². The van der Waals surface area contributed by atoms with Gasteiger partial charge >= 0.3 is 0 Å². The van der Waals surface area contributed by atoms with E-state index in [4.69, 9.17) is 27.9 Å². The van der Waals surface area contributed by atoms with Crippen LogP contribution in [-0.4, -0.2) is 48.3 Å². The third kappa shape index (κ3) is 5.29. The van der Waals surface area contributed by atoms with Crippen LogP contribution in [-0.2, 0) is 5.60 Å². The van der Waals surface area contributed by atoms with Gasteiger partial charge in [-0.05, 0) is 48.9 Å². The second kappa shape index (κ2) is 10.2. The standard InChI is InChI=1S/C26H26Cl2N4O2/c1-26(33,24-4-3-5-25(30-24)34-2)17-31-12-13-32(22-11-6-18(15-29)14-21(22)28)23(16-31)19-7-9-20(27)10-8-19/h3-11,14,23,33H,12-13,16-17H2,1-2H3/t23-,26+/m0/s1. The molecule has 1 aliphatic heterocycles. The van der Waals surface area contributed by atoms with E-state index in [9.17, 15) is 10.4 Å². The number of piperazine rings is 1. The van der Waals surface area contributed by atoms with E-state index >= 15 is 0 Å². The molecule has 0 bridgehead atoms. The molecule has 0 spiro atoms. The van der Waals surface area contributed by atoms with Crippen molar-refractivity contribution in [2.24, 2.45) is 0 Å². The molecule has 4 rings (SSSR count). The van der Waals surface area contributed by atoms with Gasteiger partial charge in [0.1, 0.15) is 5.60 Å². The lowest BCUT2D eigenvalue weighted by atomic mass is 9.97. The zero-order valence-corrected chi connectivity index (χ0v) is 20.6. The van der Waals surface area contributed by atoms with Crippen LogP contribution in [0.5, 0.6) is 5.88 Å². The van der Waals surface area contributed by atoms with Crippen LogP contribution in [0, 0.1) is 11.3 Å². The predicted molar refractivity (Wildman–Crippen MR) is 135 cm³/mol. The molecule has 34 heavy (non-hydrogen) atoms. The number of β-amino-alcohol motifs (C(OH)–C–C–N with tert-alkyl or cyclic N) is 1. The smallest absolute Gasteiger partial charge is 0.213 e. The van der Waals surface area contributed by atoms with Crippen molar-refractivity contribution in [1.82, 2.24) is 9.88 Å². The Morgan fingerprint density at radius 3 is 2.59 bits per heavy atom. The van der Waals surface area contributed by atoms with E-state index in [1.807, 2.05) is 42.5 Å². The van der Waals surface area contributed by atoms with Crippen molar-refractivity contribution >= 4 is 28.9 Å². The molecule has 0 aliphatic carbocycles. The highest BCUT2D eigenvalue weighted by Crippen LogP contribution is 2.37. The van der Waals surface area contributed by atoms with Crippen LogP contribution < -0.4 is 9.64 Å². The third-order valence-electron chi connectivity index (χ3n) is 6.12. The minimum absolute atomic E-state index is 0.0227. The second-order valence-electron chi connectivity index (χ2n) is 8.61. The number of nitriles is 1. The average molecular weight is 497 g/mol. The minimum atomic E-state index is -1.16. The van der Waals surface area contributed by atoms with E-state index in [0.717, 1.165) is 17.8 Å². The molecule has 2 aromatic carbocycles. The van der Waals surface area contributed by atoms with Gasteiger partial charge in [0, 0.05) is 37.3 Å². The predicted octanol–water partition coefficient (Wildman–Crippen LogP) is 5.04. The maximum atomic E-state index is 11.3. The molecular formula is C26H26Cl2N4O2. The topological polar surface area (TPSA) is 72.6 Å². The molecule has 3 aromatic rings. The molecule has 2 heterocycles. The number of ether oxygens (including phenoxy) is 1. The molecule has 0 unspecified atom stereocenters. The fourth-order valence-electron chi connectivity index (χ4n) is 4.40. The fraction of sp³-hybridized carbons (Fsp3) is 0.308. The summed E-state index contributed by atoms with van der Waals surface area (Å²) in [5, 5.41) is 21.7. The average Bonchev–Trinajstić information content (AvgIpc) is 2.84. The summed E-state index contributed by atoms with van der Waals surface area (Å²) in [7, 11) is 1.56. The van der Waals surface area contributed by atoms with E-state index < -0.39 is 5.60 Å². The fourth-order valence-corrected chi connectivity index (χ4v) is 4.81. The van der Waals surface area contributed by atoms with Crippen LogP contribution in [0.25, 0.3) is 0 Å². The summed E-state index contributed by atoms with van der Waals surface area (Å²) in [6, 6.07) is 20.7. The lowest BCUT2D eigenvalue weighted by Crippen LogP contribution is -2.52. The Morgan fingerprint density at radius 2 is 1.91 bits per heavy atom. The summed E-state index contributed by atoms with van der Waals surface area (Å²) in [5.41, 5.74) is 1.90. The van der Waals surface area contributed by atoms with Gasteiger partial charge < -0.3 is 14.7 Å². The van der Waals surface area contributed by atoms with Crippen molar-refractivity contribution in [3.63, 3.8) is 0 Å². The minimum Gasteiger partial charge on any atom is -0.481 e. The Hall–Kier alpha value is -2.82. The van der Waals surface area contributed by atoms with Gasteiger partial charge in [-0.2, -0.15) is 5.26 Å². The van der Waals surface area contributed by atoms with Gasteiger partial charge in [0.15, 0.2) is 0 Å². The van der Waals surface area contributed by atoms with Crippen LogP contribution in [0.1, 0.15) is 29.8 Å². The molecule has 8 heteroatoms. The highest BCUT2D eigenvalue weighted by atomic mass is 35.5. The second-order valence-corrected chi connectivity index (χ2v) is 9.46. The first-order valence-electron chi connectivity index (χ1n) is 11.0. The molecule has 1 aliphatic rings. The molecule has 6 nitrogen and oxygen atoms in total. The highest BCUT2D eigenvalue weighted by molar-refractivity contribution is 6.33. The monoisotopic (exact) mass is 496 g/mol. The van der Waals surface area contributed by atoms with Gasteiger partial charge in [0.05, 0.1) is 41.2 Å². The zero-order valence-electron chi connectivity index (χ0n) is 19.1. The molecule has 1 N–H and O–H groups in total. The summed E-state index contributed by atoms with van der Waals surface area (Å²) in [5.74, 6) is 0.470. The normalized spacial score (nSPS) is 18.2. The van der Waals surface area contributed by atoms with Crippen molar-refractivity contribution in [1.29, 1.82) is 5.26 Å². The maximum absolute atomic E-state index is 11.3. The quantitative estimate of drug-likeness (QED) is 0.515. The number of pyridine rings is 1. The highest BCUT2D eigenvalue weighted by Gasteiger charge is 2.34. The summed E-state index contributed by atoms with van der Waals surface area (Å²) in [4.78, 5) is 8.92. The zero-order chi connectivity index (χ0) is 24.3. The Kier molecular flexibility index (Phi) is 7.30. The van der Waals surface area contributed by atoms with Crippen molar-refractivity contribution in [2.75, 3.05) is 38.2 Å². The van der Waals surface area contributed by atoms with Gasteiger partial charge in [-0.1, -0.05) is 41.4 Å². The molecule has 0 amide bonds. The number of methoxy groups -OCH3 is 1. The molecule has 1 aromatic heterocycles. The number of aromatic nitrogens is 1. The van der Waals surface area contributed by atoms with Crippen LogP contribution in [0.2, 0.25) is 10.0 Å². The Bertz CT molecular complexity index is 1190. The van der Waals surface area contributed by atoms with E-state index in [1.54, 1.807) is 32.2 Å². The first-order valence-corrected chi connectivity index (χ1v) is 11.7. The summed E-state index contributed by atoms with van der Waals surface area (Å²) in [6.45, 7) is 4.27. The van der Waals surface area contributed by atoms with Gasteiger partial charge in [-0.3, -0.25) is 4.90 Å². The molecule has 2 atom stereocenters. The van der Waals surface area contributed by atoms with E-state index in [0.29, 0.717) is 46.8 Å². The first kappa shape index (κ1) is 24.3. The van der Waals surface area contributed by atoms with Gasteiger partial charge in [-0.25, -0.2) is 4.98 Å². The number of anilines is 1. The molecule has 1 saturated heterocycles. The molecule has 1 fully saturated rings. The van der Waals surface area contributed by atoms with Crippen LogP contribution in [0.3, 0.4) is 0 Å². The lowest BCUT2D eigenvalue weighted by Gasteiger charge is -2.45. The summed E-state index contributed by atoms with van der Waals surface area (Å²) >= 11 is 12.7. The number of halogens is 2. The largest absolute Gasteiger partial charge is 0.481 e. The number of rotatable bonds is 6. The van der Waals surface area contributed by atoms with E-state index in [1.165, 1.54) is 0 Å². The summed E-state index contributed by atoms with van der Waals surface area (Å²) < 4.78 is 5.23. The van der Waals surface area contributed by atoms with Crippen LogP contribution >= 0.6 is 23.2 Å². The first-order chi connectivity index (χ1) is 16.3. The van der Waals surface area contributed by atoms with Crippen LogP contribution in [0.15, 0.2) is 60.7 Å².